The van der Waals surface area contributed by atoms with E-state index in [0.29, 0.717) is 28.0 Å². The number of hydrogen-bond donors (Lipinski definition) is 4. The minimum atomic E-state index is -0.636. The number of aromatic hydroxyl groups is 2. The fraction of sp³-hybridized carbons (Fsp3) is 0.158. The zero-order valence-electron chi connectivity index (χ0n) is 15.0. The van der Waals surface area contributed by atoms with E-state index in [2.05, 4.69) is 9.97 Å². The molecule has 0 radical (unpaired) electrons. The zero-order valence-corrected chi connectivity index (χ0v) is 15.0. The first-order chi connectivity index (χ1) is 13.3. The van der Waals surface area contributed by atoms with Crippen LogP contribution in [-0.4, -0.2) is 20.2 Å². The Bertz CT molecular complexity index is 1310. The number of fused-ring (bicyclic) bond motifs is 1. The molecule has 4 aromatic rings. The molecule has 0 unspecified atom stereocenters. The number of ether oxygens (including phenoxy) is 1. The highest BCUT2D eigenvalue weighted by Gasteiger charge is 2.18. The summed E-state index contributed by atoms with van der Waals surface area (Å²) in [5.41, 5.74) is 0.138. The lowest BCUT2D eigenvalue weighted by atomic mass is 10.1. The Morgan fingerprint density at radius 3 is 2.54 bits per heavy atom. The van der Waals surface area contributed by atoms with Gasteiger partial charge in [0.1, 0.15) is 29.4 Å². The highest BCUT2D eigenvalue weighted by molar-refractivity contribution is 5.84. The Balaban J connectivity index is 1.66. The van der Waals surface area contributed by atoms with Gasteiger partial charge in [-0.15, -0.1) is 0 Å². The highest BCUT2D eigenvalue weighted by atomic mass is 16.5. The van der Waals surface area contributed by atoms with Crippen molar-refractivity contribution in [3.8, 4) is 28.9 Å². The zero-order chi connectivity index (χ0) is 20.0. The molecule has 144 valence electrons. The summed E-state index contributed by atoms with van der Waals surface area (Å²) in [6, 6.07) is 6.70. The Morgan fingerprint density at radius 1 is 1.04 bits per heavy atom. The Labute approximate surface area is 156 Å². The third kappa shape index (κ3) is 2.92. The molecule has 0 spiro atoms. The van der Waals surface area contributed by atoms with Crippen molar-refractivity contribution in [1.29, 1.82) is 0 Å². The molecule has 1 aromatic carbocycles. The van der Waals surface area contributed by atoms with Crippen LogP contribution < -0.4 is 16.1 Å². The molecule has 4 N–H and O–H groups in total. The summed E-state index contributed by atoms with van der Waals surface area (Å²) in [6.07, 6.45) is 0. The van der Waals surface area contributed by atoms with Crippen molar-refractivity contribution in [3.05, 3.63) is 62.0 Å². The fourth-order valence-corrected chi connectivity index (χ4v) is 2.86. The Kier molecular flexibility index (Phi) is 3.99. The van der Waals surface area contributed by atoms with Crippen molar-refractivity contribution in [3.63, 3.8) is 0 Å². The van der Waals surface area contributed by atoms with Crippen LogP contribution in [0.1, 0.15) is 16.8 Å². The largest absolute Gasteiger partial charge is 0.507 e. The molecule has 0 aliphatic carbocycles. The molecule has 0 aliphatic rings. The smallest absolute Gasteiger partial charge is 0.343 e. The highest BCUT2D eigenvalue weighted by Crippen LogP contribution is 2.34. The first-order valence-corrected chi connectivity index (χ1v) is 8.33. The van der Waals surface area contributed by atoms with E-state index in [4.69, 9.17) is 13.6 Å². The number of furan rings is 1. The number of imidazole rings is 1. The Hall–Kier alpha value is -3.88. The van der Waals surface area contributed by atoms with E-state index in [9.17, 15) is 19.8 Å². The molecule has 9 heteroatoms. The number of aromatic nitrogens is 2. The third-order valence-corrected chi connectivity index (χ3v) is 4.43. The van der Waals surface area contributed by atoms with Gasteiger partial charge >= 0.3 is 11.3 Å². The molecule has 0 saturated carbocycles. The van der Waals surface area contributed by atoms with Crippen LogP contribution in [-0.2, 0) is 6.61 Å². The van der Waals surface area contributed by atoms with E-state index >= 15 is 0 Å². The van der Waals surface area contributed by atoms with E-state index in [1.54, 1.807) is 31.2 Å². The number of rotatable bonds is 4. The topological polar surface area (TPSA) is 142 Å². The van der Waals surface area contributed by atoms with Crippen LogP contribution in [0.5, 0.6) is 17.4 Å². The van der Waals surface area contributed by atoms with Gasteiger partial charge in [-0.2, -0.15) is 0 Å². The predicted molar refractivity (Wildman–Crippen MR) is 98.7 cm³/mol. The molecule has 0 amide bonds. The van der Waals surface area contributed by atoms with Crippen molar-refractivity contribution in [2.24, 2.45) is 0 Å². The SMILES string of the molecule is Cc1c(-c2cc3cc(OCc4[nH]c(=O)[nH]c4O)ccc3o2)oc(=O)c(C)c1O. The molecular weight excluding hydrogens is 368 g/mol. The quantitative estimate of drug-likeness (QED) is 0.424. The summed E-state index contributed by atoms with van der Waals surface area (Å²) >= 11 is 0. The van der Waals surface area contributed by atoms with Gasteiger partial charge in [-0.3, -0.25) is 4.98 Å². The second-order valence-electron chi connectivity index (χ2n) is 6.32. The lowest BCUT2D eigenvalue weighted by Gasteiger charge is -2.05. The van der Waals surface area contributed by atoms with Gasteiger partial charge in [0.2, 0.25) is 5.88 Å². The van der Waals surface area contributed by atoms with Crippen LogP contribution in [0, 0.1) is 13.8 Å². The van der Waals surface area contributed by atoms with Gasteiger partial charge in [0.25, 0.3) is 0 Å². The van der Waals surface area contributed by atoms with Crippen LogP contribution >= 0.6 is 0 Å². The van der Waals surface area contributed by atoms with Gasteiger partial charge in [-0.25, -0.2) is 9.59 Å². The Morgan fingerprint density at radius 2 is 1.82 bits per heavy atom. The minimum absolute atomic E-state index is 0.0411. The summed E-state index contributed by atoms with van der Waals surface area (Å²) in [5.74, 6) is 0.523. The van der Waals surface area contributed by atoms with Crippen LogP contribution in [0.25, 0.3) is 22.5 Å². The van der Waals surface area contributed by atoms with Crippen molar-refractivity contribution in [1.82, 2.24) is 9.97 Å². The molecule has 28 heavy (non-hydrogen) atoms. The number of H-pyrrole nitrogens is 2. The lowest BCUT2D eigenvalue weighted by molar-refractivity contribution is 0.294. The average Bonchev–Trinajstić information content (AvgIpc) is 3.22. The van der Waals surface area contributed by atoms with Crippen molar-refractivity contribution >= 4 is 11.0 Å². The maximum atomic E-state index is 11.9. The van der Waals surface area contributed by atoms with Gasteiger partial charge < -0.3 is 28.8 Å². The molecular formula is C19H16N2O7. The fourth-order valence-electron chi connectivity index (χ4n) is 2.86. The molecule has 0 aliphatic heterocycles. The van der Waals surface area contributed by atoms with Crippen molar-refractivity contribution in [2.45, 2.75) is 20.5 Å². The van der Waals surface area contributed by atoms with E-state index < -0.39 is 11.3 Å². The second kappa shape index (κ2) is 6.38. The normalized spacial score (nSPS) is 11.2. The van der Waals surface area contributed by atoms with Gasteiger partial charge in [0, 0.05) is 10.9 Å². The van der Waals surface area contributed by atoms with Gasteiger partial charge in [0.15, 0.2) is 11.5 Å². The average molecular weight is 384 g/mol. The molecule has 9 nitrogen and oxygen atoms in total. The van der Waals surface area contributed by atoms with Crippen LogP contribution in [0.4, 0.5) is 0 Å². The van der Waals surface area contributed by atoms with Crippen LogP contribution in [0.15, 0.2) is 42.7 Å². The number of benzene rings is 1. The summed E-state index contributed by atoms with van der Waals surface area (Å²) in [7, 11) is 0. The monoisotopic (exact) mass is 384 g/mol. The third-order valence-electron chi connectivity index (χ3n) is 4.43. The first-order valence-electron chi connectivity index (χ1n) is 8.33. The standard InChI is InChI=1S/C19H16N2O7/c1-8-15(22)9(2)18(24)28-16(8)14-6-10-5-11(3-4-13(10)27-14)26-7-12-17(23)21-19(25)20-12/h3-6,22-23H,7H2,1-2H3,(H2,20,21,25). The van der Waals surface area contributed by atoms with Gasteiger partial charge in [0.05, 0.1) is 5.56 Å². The van der Waals surface area contributed by atoms with E-state index in [1.807, 2.05) is 0 Å². The lowest BCUT2D eigenvalue weighted by Crippen LogP contribution is -2.05. The predicted octanol–water partition coefficient (Wildman–Crippen LogP) is 2.68. The molecule has 0 atom stereocenters. The molecule has 0 bridgehead atoms. The summed E-state index contributed by atoms with van der Waals surface area (Å²) < 4.78 is 16.6. The summed E-state index contributed by atoms with van der Waals surface area (Å²) in [5, 5.41) is 20.3. The van der Waals surface area contributed by atoms with Crippen LogP contribution in [0.2, 0.25) is 0 Å². The number of hydrogen-bond acceptors (Lipinski definition) is 7. The van der Waals surface area contributed by atoms with E-state index in [0.717, 1.165) is 0 Å². The number of aromatic amines is 2. The maximum absolute atomic E-state index is 11.9. The molecule has 0 saturated heterocycles. The van der Waals surface area contributed by atoms with Crippen molar-refractivity contribution in [2.75, 3.05) is 0 Å². The molecule has 0 fully saturated rings. The van der Waals surface area contributed by atoms with E-state index in [-0.39, 0.29) is 35.3 Å². The van der Waals surface area contributed by atoms with Crippen LogP contribution in [0.3, 0.4) is 0 Å². The number of nitrogens with one attached hydrogen (secondary N) is 2. The second-order valence-corrected chi connectivity index (χ2v) is 6.32. The first kappa shape index (κ1) is 17.5. The van der Waals surface area contributed by atoms with E-state index in [1.165, 1.54) is 6.92 Å². The van der Waals surface area contributed by atoms with Crippen molar-refractivity contribution < 1.29 is 23.8 Å². The summed E-state index contributed by atoms with van der Waals surface area (Å²) in [4.78, 5) is 27.6. The maximum Gasteiger partial charge on any atom is 0.343 e. The molecule has 3 aromatic heterocycles. The summed E-state index contributed by atoms with van der Waals surface area (Å²) in [6.45, 7) is 3.07. The van der Waals surface area contributed by atoms with Gasteiger partial charge in [-0.1, -0.05) is 0 Å². The molecule has 3 heterocycles. The molecule has 4 rings (SSSR count). The minimum Gasteiger partial charge on any atom is -0.507 e. The van der Waals surface area contributed by atoms with Gasteiger partial charge in [-0.05, 0) is 38.1 Å².